The van der Waals surface area contributed by atoms with Gasteiger partial charge in [0.1, 0.15) is 0 Å². The predicted octanol–water partition coefficient (Wildman–Crippen LogP) is 0.919. The second-order valence-electron chi connectivity index (χ2n) is 7.93. The molecule has 1 aromatic carbocycles. The number of aromatic nitrogens is 1. The SMILES string of the molecule is CN1CC(CC#N)C[C@@H]2c3cccc4[nH]cc(c34)C[C@H]21.O=C(O)[C@H](O)[C@@H](O)C(=O)O. The number of aliphatic carboxylic acids is 2. The van der Waals surface area contributed by atoms with E-state index in [4.69, 9.17) is 25.7 Å². The van der Waals surface area contributed by atoms with Crippen molar-refractivity contribution < 1.29 is 30.0 Å². The summed E-state index contributed by atoms with van der Waals surface area (Å²) in [6, 6.07) is 9.58. The van der Waals surface area contributed by atoms with Crippen molar-refractivity contribution in [2.75, 3.05) is 13.6 Å². The molecule has 2 aliphatic rings. The maximum Gasteiger partial charge on any atom is 0.335 e. The van der Waals surface area contributed by atoms with E-state index >= 15 is 0 Å². The Morgan fingerprint density at radius 3 is 2.53 bits per heavy atom. The Morgan fingerprint density at radius 2 is 1.93 bits per heavy atom. The number of carboxylic acids is 2. The Kier molecular flexibility index (Phi) is 6.41. The first-order valence-corrected chi connectivity index (χ1v) is 9.72. The lowest BCUT2D eigenvalue weighted by Gasteiger charge is -2.45. The normalized spacial score (nSPS) is 24.7. The van der Waals surface area contributed by atoms with Gasteiger partial charge in [-0.1, -0.05) is 12.1 Å². The van der Waals surface area contributed by atoms with Crippen molar-refractivity contribution in [3.63, 3.8) is 0 Å². The Morgan fingerprint density at radius 1 is 1.27 bits per heavy atom. The number of nitrogens with zero attached hydrogens (tertiary/aromatic N) is 2. The van der Waals surface area contributed by atoms with Crippen LogP contribution in [0.3, 0.4) is 0 Å². The van der Waals surface area contributed by atoms with Crippen LogP contribution in [0.2, 0.25) is 0 Å². The molecular formula is C21H25N3O6. The third-order valence-electron chi connectivity index (χ3n) is 6.00. The fourth-order valence-electron chi connectivity index (χ4n) is 4.60. The molecule has 2 aromatic rings. The van der Waals surface area contributed by atoms with E-state index in [-0.39, 0.29) is 0 Å². The van der Waals surface area contributed by atoms with E-state index in [0.717, 1.165) is 19.4 Å². The molecule has 0 bridgehead atoms. The van der Waals surface area contributed by atoms with Crippen LogP contribution < -0.4 is 0 Å². The Bertz CT molecular complexity index is 963. The summed E-state index contributed by atoms with van der Waals surface area (Å²) >= 11 is 0. The summed E-state index contributed by atoms with van der Waals surface area (Å²) in [6.07, 6.45) is 0.627. The monoisotopic (exact) mass is 415 g/mol. The molecule has 1 aliphatic carbocycles. The van der Waals surface area contributed by atoms with Crippen LogP contribution in [-0.4, -0.2) is 74.1 Å². The van der Waals surface area contributed by atoms with Gasteiger partial charge in [0.2, 0.25) is 0 Å². The van der Waals surface area contributed by atoms with Crippen LogP contribution in [0.1, 0.15) is 29.9 Å². The summed E-state index contributed by atoms with van der Waals surface area (Å²) in [6.45, 7) is 1.06. The standard InChI is InChI=1S/C17H19N3.C4H6O6/c1-20-10-11(5-6-18)7-14-13-3-2-4-15-17(13)12(9-19-15)8-16(14)20;5-1(3(7)8)2(6)4(9)10/h2-4,9,11,14,16,19H,5,7-8,10H2,1H3;1-2,5-6H,(H,7,8)(H,9,10)/t11?,14-,16-;1-,2-/m11/s1. The number of H-pyrrole nitrogens is 1. The number of hydrogen-bond acceptors (Lipinski definition) is 6. The van der Waals surface area contributed by atoms with Gasteiger partial charge in [0.25, 0.3) is 0 Å². The van der Waals surface area contributed by atoms with E-state index in [1.165, 1.54) is 22.0 Å². The molecule has 1 fully saturated rings. The number of aromatic amines is 1. The number of carboxylic acid groups (broad SMARTS) is 2. The van der Waals surface area contributed by atoms with Crippen LogP contribution in [0.4, 0.5) is 0 Å². The average Bonchev–Trinajstić information content (AvgIpc) is 3.13. The summed E-state index contributed by atoms with van der Waals surface area (Å²) in [5, 5.41) is 43.0. The topological polar surface area (TPSA) is 158 Å². The van der Waals surface area contributed by atoms with Crippen molar-refractivity contribution in [1.82, 2.24) is 9.88 Å². The minimum absolute atomic E-state index is 0.516. The first kappa shape index (κ1) is 21.8. The highest BCUT2D eigenvalue weighted by atomic mass is 16.4. The molecule has 1 saturated heterocycles. The summed E-state index contributed by atoms with van der Waals surface area (Å²) in [5.41, 5.74) is 4.22. The van der Waals surface area contributed by atoms with Gasteiger partial charge >= 0.3 is 11.9 Å². The molecule has 0 spiro atoms. The zero-order valence-corrected chi connectivity index (χ0v) is 16.5. The molecule has 1 aliphatic heterocycles. The Balaban J connectivity index is 0.000000220. The van der Waals surface area contributed by atoms with Crippen molar-refractivity contribution >= 4 is 22.8 Å². The molecule has 1 unspecified atom stereocenters. The number of piperidine rings is 1. The number of nitrogens with one attached hydrogen (secondary N) is 1. The molecule has 1 aromatic heterocycles. The number of fused-ring (bicyclic) bond motifs is 2. The van der Waals surface area contributed by atoms with E-state index in [1.54, 1.807) is 0 Å². The van der Waals surface area contributed by atoms with Gasteiger partial charge in [-0.25, -0.2) is 9.59 Å². The van der Waals surface area contributed by atoms with Gasteiger partial charge in [0.05, 0.1) is 6.07 Å². The first-order valence-electron chi connectivity index (χ1n) is 9.72. The van der Waals surface area contributed by atoms with E-state index in [0.29, 0.717) is 24.3 Å². The third-order valence-corrected chi connectivity index (χ3v) is 6.00. The maximum absolute atomic E-state index is 9.77. The number of aliphatic hydroxyl groups is 2. The van der Waals surface area contributed by atoms with Crippen molar-refractivity contribution in [1.29, 1.82) is 5.26 Å². The number of carbonyl (C=O) groups is 2. The number of hydrogen-bond donors (Lipinski definition) is 5. The molecule has 160 valence electrons. The van der Waals surface area contributed by atoms with E-state index in [9.17, 15) is 9.59 Å². The lowest BCUT2D eigenvalue weighted by atomic mass is 9.72. The van der Waals surface area contributed by atoms with Crippen LogP contribution in [0.15, 0.2) is 24.4 Å². The van der Waals surface area contributed by atoms with E-state index in [2.05, 4.69) is 47.4 Å². The largest absolute Gasteiger partial charge is 0.479 e. The van der Waals surface area contributed by atoms with Crippen molar-refractivity contribution in [2.24, 2.45) is 5.92 Å². The van der Waals surface area contributed by atoms with Crippen LogP contribution in [-0.2, 0) is 16.0 Å². The van der Waals surface area contributed by atoms with Crippen LogP contribution in [0.5, 0.6) is 0 Å². The molecule has 2 heterocycles. The number of rotatable bonds is 4. The summed E-state index contributed by atoms with van der Waals surface area (Å²) in [7, 11) is 2.22. The highest BCUT2D eigenvalue weighted by Crippen LogP contribution is 2.44. The molecule has 4 rings (SSSR count). The van der Waals surface area contributed by atoms with Gasteiger partial charge in [-0.15, -0.1) is 0 Å². The summed E-state index contributed by atoms with van der Waals surface area (Å²) in [5.74, 6) is -2.44. The zero-order chi connectivity index (χ0) is 22.0. The minimum Gasteiger partial charge on any atom is -0.479 e. The molecule has 9 heteroatoms. The molecular weight excluding hydrogens is 390 g/mol. The predicted molar refractivity (Wildman–Crippen MR) is 107 cm³/mol. The quantitative estimate of drug-likeness (QED) is 0.493. The maximum atomic E-state index is 9.77. The molecule has 5 atom stereocenters. The minimum atomic E-state index is -2.27. The smallest absolute Gasteiger partial charge is 0.335 e. The fraction of sp³-hybridized carbons (Fsp3) is 0.476. The number of likely N-dealkylation sites (tertiary alicyclic amines) is 1. The Hall–Kier alpha value is -2.93. The van der Waals surface area contributed by atoms with Gasteiger partial charge in [-0.05, 0) is 43.0 Å². The van der Waals surface area contributed by atoms with Crippen LogP contribution >= 0.6 is 0 Å². The number of likely N-dealkylation sites (N-methyl/N-ethyl adjacent to an activating group) is 1. The Labute approximate surface area is 173 Å². The first-order chi connectivity index (χ1) is 14.2. The van der Waals surface area contributed by atoms with Crippen molar-refractivity contribution in [3.8, 4) is 6.07 Å². The lowest BCUT2D eigenvalue weighted by Crippen LogP contribution is -2.47. The zero-order valence-electron chi connectivity index (χ0n) is 16.5. The van der Waals surface area contributed by atoms with Gasteiger partial charge in [0.15, 0.2) is 12.2 Å². The molecule has 0 saturated carbocycles. The third kappa shape index (κ3) is 4.16. The van der Waals surface area contributed by atoms with Crippen LogP contribution in [0.25, 0.3) is 10.9 Å². The number of nitriles is 1. The molecule has 0 amide bonds. The highest BCUT2D eigenvalue weighted by molar-refractivity contribution is 5.88. The molecule has 9 nitrogen and oxygen atoms in total. The number of aliphatic hydroxyl groups excluding tert-OH is 2. The van der Waals surface area contributed by atoms with E-state index < -0.39 is 24.1 Å². The van der Waals surface area contributed by atoms with Crippen LogP contribution in [0, 0.1) is 17.2 Å². The second-order valence-corrected chi connectivity index (χ2v) is 7.93. The van der Waals surface area contributed by atoms with Gasteiger partial charge in [-0.2, -0.15) is 5.26 Å². The van der Waals surface area contributed by atoms with Gasteiger partial charge in [-0.3, -0.25) is 0 Å². The average molecular weight is 415 g/mol. The van der Waals surface area contributed by atoms with Gasteiger partial charge in [0, 0.05) is 42.0 Å². The molecule has 30 heavy (non-hydrogen) atoms. The second kappa shape index (κ2) is 8.83. The lowest BCUT2D eigenvalue weighted by molar-refractivity contribution is -0.165. The summed E-state index contributed by atoms with van der Waals surface area (Å²) in [4.78, 5) is 25.4. The van der Waals surface area contributed by atoms with Gasteiger partial charge < -0.3 is 30.3 Å². The fourth-order valence-corrected chi connectivity index (χ4v) is 4.60. The van der Waals surface area contributed by atoms with E-state index in [1.807, 2.05) is 0 Å². The summed E-state index contributed by atoms with van der Waals surface area (Å²) < 4.78 is 0. The molecule has 5 N–H and O–H groups in total. The van der Waals surface area contributed by atoms with Crippen molar-refractivity contribution in [2.45, 2.75) is 43.4 Å². The highest BCUT2D eigenvalue weighted by Gasteiger charge is 2.39. The number of benzene rings is 1. The van der Waals surface area contributed by atoms with Crippen molar-refractivity contribution in [3.05, 3.63) is 35.5 Å². The molecule has 0 radical (unpaired) electrons.